The molecule has 0 aliphatic heterocycles. The normalized spacial score (nSPS) is 11.6. The molecule has 1 aromatic heterocycles. The first-order valence-electron chi connectivity index (χ1n) is 18.5. The number of nitrogens with zero attached hydrogens (tertiary/aromatic N) is 3. The second-order valence-electron chi connectivity index (χ2n) is 14.9. The number of aromatic nitrogens is 3. The van der Waals surface area contributed by atoms with Gasteiger partial charge < -0.3 is 0 Å². The Balaban J connectivity index is 1.20. The molecule has 9 aromatic rings. The van der Waals surface area contributed by atoms with Crippen molar-refractivity contribution in [2.24, 2.45) is 0 Å². The Kier molecular flexibility index (Phi) is 8.53. The standard InChI is InChI=1S/C50H39N3Si/c1-54(2,3)43-25-15-24-40(31-43)46-32-41(29-37-20-10-12-26-44(37)46)36-22-14-23-39(28-36)47-33-42(30-38-21-11-13-27-45(38)47)50-52-48(34-16-6-4-7-17-34)51-49(53-50)35-18-8-5-9-19-35/h4-33H,1-3H3. The molecule has 0 bridgehead atoms. The predicted octanol–water partition coefficient (Wildman–Crippen LogP) is 12.7. The molecule has 0 radical (unpaired) electrons. The molecule has 8 aromatic carbocycles. The van der Waals surface area contributed by atoms with Crippen LogP contribution in [0.2, 0.25) is 19.6 Å². The Hall–Kier alpha value is -6.49. The minimum Gasteiger partial charge on any atom is -0.208 e. The maximum absolute atomic E-state index is 5.08. The number of rotatable bonds is 7. The molecule has 0 unspecified atom stereocenters. The Morgan fingerprint density at radius 2 is 0.741 bits per heavy atom. The van der Waals surface area contributed by atoms with Gasteiger partial charge in [-0.25, -0.2) is 15.0 Å². The van der Waals surface area contributed by atoms with Crippen LogP contribution in [0.4, 0.5) is 0 Å². The zero-order valence-electron chi connectivity index (χ0n) is 30.7. The van der Waals surface area contributed by atoms with Crippen molar-refractivity contribution >= 4 is 34.8 Å². The molecule has 0 aliphatic rings. The van der Waals surface area contributed by atoms with Gasteiger partial charge in [-0.3, -0.25) is 0 Å². The van der Waals surface area contributed by atoms with Crippen LogP contribution in [0, 0.1) is 0 Å². The van der Waals surface area contributed by atoms with E-state index in [1.165, 1.54) is 43.6 Å². The number of hydrogen-bond donors (Lipinski definition) is 0. The fourth-order valence-electron chi connectivity index (χ4n) is 7.35. The van der Waals surface area contributed by atoms with Crippen LogP contribution in [0.5, 0.6) is 0 Å². The molecule has 0 aliphatic carbocycles. The Morgan fingerprint density at radius 3 is 1.31 bits per heavy atom. The highest BCUT2D eigenvalue weighted by molar-refractivity contribution is 6.88. The quantitative estimate of drug-likeness (QED) is 0.155. The summed E-state index contributed by atoms with van der Waals surface area (Å²) in [6, 6.07) is 64.9. The van der Waals surface area contributed by atoms with E-state index in [0.29, 0.717) is 17.5 Å². The third kappa shape index (κ3) is 6.53. The molecule has 0 fully saturated rings. The molecule has 258 valence electrons. The molecule has 4 heteroatoms. The van der Waals surface area contributed by atoms with Crippen molar-refractivity contribution in [2.45, 2.75) is 19.6 Å². The van der Waals surface area contributed by atoms with Gasteiger partial charge in [0.1, 0.15) is 0 Å². The van der Waals surface area contributed by atoms with Gasteiger partial charge in [0.25, 0.3) is 0 Å². The van der Waals surface area contributed by atoms with Crippen molar-refractivity contribution in [3.8, 4) is 67.5 Å². The molecule has 0 saturated heterocycles. The summed E-state index contributed by atoms with van der Waals surface area (Å²) >= 11 is 0. The van der Waals surface area contributed by atoms with Crippen LogP contribution in [-0.2, 0) is 0 Å². The van der Waals surface area contributed by atoms with Crippen LogP contribution >= 0.6 is 0 Å². The van der Waals surface area contributed by atoms with Gasteiger partial charge >= 0.3 is 0 Å². The topological polar surface area (TPSA) is 38.7 Å². The van der Waals surface area contributed by atoms with E-state index in [2.05, 4.69) is 141 Å². The Morgan fingerprint density at radius 1 is 0.315 bits per heavy atom. The van der Waals surface area contributed by atoms with E-state index in [1.54, 1.807) is 0 Å². The van der Waals surface area contributed by atoms with Gasteiger partial charge in [-0.2, -0.15) is 0 Å². The van der Waals surface area contributed by atoms with Crippen molar-refractivity contribution in [2.75, 3.05) is 0 Å². The zero-order valence-corrected chi connectivity index (χ0v) is 31.7. The zero-order chi connectivity index (χ0) is 36.6. The van der Waals surface area contributed by atoms with Crippen molar-refractivity contribution < 1.29 is 0 Å². The van der Waals surface area contributed by atoms with E-state index in [-0.39, 0.29) is 0 Å². The van der Waals surface area contributed by atoms with Crippen LogP contribution in [0.25, 0.3) is 89.1 Å². The minimum atomic E-state index is -1.49. The van der Waals surface area contributed by atoms with Gasteiger partial charge in [0.15, 0.2) is 17.5 Å². The summed E-state index contributed by atoms with van der Waals surface area (Å²) in [6.07, 6.45) is 0. The molecule has 0 N–H and O–H groups in total. The van der Waals surface area contributed by atoms with Crippen LogP contribution in [0.15, 0.2) is 182 Å². The Labute approximate surface area is 317 Å². The van der Waals surface area contributed by atoms with Crippen molar-refractivity contribution in [1.82, 2.24) is 15.0 Å². The summed E-state index contributed by atoms with van der Waals surface area (Å²) in [5.74, 6) is 1.95. The fraction of sp³-hybridized carbons (Fsp3) is 0.0600. The molecular weight excluding hydrogens is 671 g/mol. The highest BCUT2D eigenvalue weighted by Crippen LogP contribution is 2.38. The van der Waals surface area contributed by atoms with Gasteiger partial charge in [-0.15, -0.1) is 0 Å². The second kappa shape index (κ2) is 13.8. The van der Waals surface area contributed by atoms with E-state index < -0.39 is 8.07 Å². The molecule has 3 nitrogen and oxygen atoms in total. The highest BCUT2D eigenvalue weighted by atomic mass is 28.3. The SMILES string of the molecule is C[Si](C)(C)c1cccc(-c2cc(-c3cccc(-c4cc(-c5nc(-c6ccccc6)nc(-c6ccccc6)n5)cc5ccccc45)c3)cc3ccccc23)c1. The first kappa shape index (κ1) is 33.4. The van der Waals surface area contributed by atoms with E-state index in [4.69, 9.17) is 15.0 Å². The monoisotopic (exact) mass is 709 g/mol. The average Bonchev–Trinajstić information content (AvgIpc) is 3.23. The van der Waals surface area contributed by atoms with E-state index in [0.717, 1.165) is 33.2 Å². The molecular formula is C50H39N3Si. The molecule has 0 spiro atoms. The number of hydrogen-bond acceptors (Lipinski definition) is 3. The van der Waals surface area contributed by atoms with Crippen molar-refractivity contribution in [3.63, 3.8) is 0 Å². The maximum Gasteiger partial charge on any atom is 0.164 e. The summed E-state index contributed by atoms with van der Waals surface area (Å²) in [5.41, 5.74) is 10.0. The summed E-state index contributed by atoms with van der Waals surface area (Å²) in [4.78, 5) is 15.1. The minimum absolute atomic E-state index is 0.644. The van der Waals surface area contributed by atoms with E-state index in [1.807, 2.05) is 60.7 Å². The van der Waals surface area contributed by atoms with Gasteiger partial charge in [-0.05, 0) is 85.3 Å². The third-order valence-corrected chi connectivity index (χ3v) is 12.3. The summed E-state index contributed by atoms with van der Waals surface area (Å²) in [5, 5.41) is 6.29. The lowest BCUT2D eigenvalue weighted by atomic mass is 9.90. The van der Waals surface area contributed by atoms with Crippen LogP contribution in [0.1, 0.15) is 0 Å². The van der Waals surface area contributed by atoms with Crippen LogP contribution in [0.3, 0.4) is 0 Å². The average molecular weight is 710 g/mol. The van der Waals surface area contributed by atoms with Crippen LogP contribution in [-0.4, -0.2) is 23.0 Å². The van der Waals surface area contributed by atoms with Crippen molar-refractivity contribution in [1.29, 1.82) is 0 Å². The van der Waals surface area contributed by atoms with Gasteiger partial charge in [0, 0.05) is 16.7 Å². The molecule has 54 heavy (non-hydrogen) atoms. The second-order valence-corrected chi connectivity index (χ2v) is 20.0. The lowest BCUT2D eigenvalue weighted by Gasteiger charge is -2.19. The van der Waals surface area contributed by atoms with Crippen LogP contribution < -0.4 is 5.19 Å². The summed E-state index contributed by atoms with van der Waals surface area (Å²) in [7, 11) is -1.49. The molecule has 0 saturated carbocycles. The Bertz CT molecular complexity index is 2750. The van der Waals surface area contributed by atoms with E-state index in [9.17, 15) is 0 Å². The van der Waals surface area contributed by atoms with Gasteiger partial charge in [0.05, 0.1) is 8.07 Å². The largest absolute Gasteiger partial charge is 0.208 e. The summed E-state index contributed by atoms with van der Waals surface area (Å²) < 4.78 is 0. The smallest absolute Gasteiger partial charge is 0.164 e. The van der Waals surface area contributed by atoms with Gasteiger partial charge in [0.2, 0.25) is 0 Å². The molecule has 9 rings (SSSR count). The third-order valence-electron chi connectivity index (χ3n) is 10.2. The lowest BCUT2D eigenvalue weighted by Crippen LogP contribution is -2.37. The first-order chi connectivity index (χ1) is 26.4. The number of fused-ring (bicyclic) bond motifs is 2. The lowest BCUT2D eigenvalue weighted by molar-refractivity contribution is 1.07. The molecule has 0 amide bonds. The van der Waals surface area contributed by atoms with Gasteiger partial charge in [-0.1, -0.05) is 176 Å². The molecule has 1 heterocycles. The highest BCUT2D eigenvalue weighted by Gasteiger charge is 2.19. The molecule has 0 atom stereocenters. The predicted molar refractivity (Wildman–Crippen MR) is 230 cm³/mol. The first-order valence-corrected chi connectivity index (χ1v) is 22.0. The van der Waals surface area contributed by atoms with Crippen molar-refractivity contribution in [3.05, 3.63) is 182 Å². The fourth-order valence-corrected chi connectivity index (χ4v) is 8.54. The summed E-state index contributed by atoms with van der Waals surface area (Å²) in [6.45, 7) is 7.24. The maximum atomic E-state index is 5.08. The van der Waals surface area contributed by atoms with E-state index >= 15 is 0 Å². The number of benzene rings is 8.